The van der Waals surface area contributed by atoms with Crippen molar-refractivity contribution >= 4 is 59.1 Å². The monoisotopic (exact) mass is 1720 g/mol. The Morgan fingerprint density at radius 2 is 0.648 bits per heavy atom. The second-order valence-electron chi connectivity index (χ2n) is 39.6. The minimum absolute atomic E-state index is 0.0271. The van der Waals surface area contributed by atoms with E-state index in [1.807, 2.05) is 34.6 Å². The van der Waals surface area contributed by atoms with Gasteiger partial charge in [0.2, 0.25) is 71.9 Å². The molecule has 2 unspecified atom stereocenters. The van der Waals surface area contributed by atoms with Crippen LogP contribution in [0.3, 0.4) is 0 Å². The summed E-state index contributed by atoms with van der Waals surface area (Å²) in [4.78, 5) is 188. The number of nitrogens with one attached hydrogen (secondary N) is 4. The van der Waals surface area contributed by atoms with E-state index in [0.717, 1.165) is 77.0 Å². The number of carbonyl (C=O) groups is 10. The van der Waals surface area contributed by atoms with Gasteiger partial charge < -0.3 is 78.1 Å². The van der Waals surface area contributed by atoms with E-state index < -0.39 is 199 Å². The SMILES string of the molecule is C[C@H]1[C@H](OC(=O)CCC(=O)NCCCCC(NC(=O)CCC(=O)O[C@H]2C[C@@H]3CC[C@@H](C)[C@@H]4CC[C@]5(C)OO[C@@]34[C@H](O2)O5)C(=O)CC(=O)C(CCCCNC(=O)CCC(=O)O[C@@H]2O[C@@H]3O[C@]4(C)CC[C@H]5[C@H](C)CC[C@@H]([C@H]2C)[C@@]35OO4)NC(=O)CCC(=O)O[C@@H]2O[C@@H]3O[C@]4(C)CC[C@H]5[C@H](C)CC[C@@H]([C@H]2C)[C@@]35OO4)O[C@@H]2O[C@]3(C)CC[C@H]4[C@H](C)CC[C@@H]1[C@@]24OO3. The standard InChI is InChI=1S/C88H130N4O30/c1-46-18-22-53-44-73(107-77-85(53)54(46)34-38-81(8,111-77)115-119-85)103-69(99)32-28-67(97)91-61(16-12-14-42-89-65(95)26-30-70(100)104-74-50(5)58-23-19-47(2)55-35-39-82(9)112-78(108-74)86(55,58)120-116-82)63(93)45-64(94)62(92-68(98)29-33-72(102)106-76-52(7)60-25-21-49(4)57-37-41-84(11)114-80(110-76)88(57,60)122-118-84)17-13-15-43-90-66(96)27-31-71(101)105-75-51(6)59-24-20-48(3)56-36-40-83(10)113-79(109-75)87(56,59)121-117-83/h46-62,73-80H,12-45H2,1-11H3,(H,89,95)(H,90,96)(H,91,97)(H,92,98)/t46-,47-,48-,49-,50-,51-,52-,53+,54+,55+,56+,57+,58+,59+,60+,61?,62?,73-,74-,75-,76-,77-,78-,79-,80-,81+,82+,83+,84+,85+,86-,87-,88-/m1/s1. The van der Waals surface area contributed by atoms with Crippen molar-refractivity contribution in [3.05, 3.63) is 0 Å². The van der Waals surface area contributed by atoms with E-state index in [-0.39, 0.29) is 142 Å². The van der Waals surface area contributed by atoms with Gasteiger partial charge in [-0.05, 0) is 191 Å². The smallest absolute Gasteiger partial charge is 0.308 e. The maximum absolute atomic E-state index is 14.8. The van der Waals surface area contributed by atoms with E-state index in [4.69, 9.17) is 95.9 Å². The van der Waals surface area contributed by atoms with Gasteiger partial charge in [0.1, 0.15) is 0 Å². The second-order valence-corrected chi connectivity index (χ2v) is 39.6. The summed E-state index contributed by atoms with van der Waals surface area (Å²) >= 11 is 0. The molecule has 0 radical (unpaired) electrons. The van der Waals surface area contributed by atoms with Gasteiger partial charge in [-0.1, -0.05) is 48.5 Å². The van der Waals surface area contributed by atoms with Crippen molar-refractivity contribution in [1.82, 2.24) is 21.3 Å². The van der Waals surface area contributed by atoms with E-state index in [2.05, 4.69) is 49.0 Å². The van der Waals surface area contributed by atoms with Crippen molar-refractivity contribution in [1.29, 1.82) is 0 Å². The van der Waals surface area contributed by atoms with E-state index in [9.17, 15) is 47.9 Å². The van der Waals surface area contributed by atoms with Crippen LogP contribution in [0.5, 0.6) is 0 Å². The first-order valence-corrected chi connectivity index (χ1v) is 45.9. The largest absolute Gasteiger partial charge is 0.436 e. The molecule has 4 aliphatic carbocycles. The Kier molecular flexibility index (Phi) is 26.4. The van der Waals surface area contributed by atoms with Crippen LogP contribution in [-0.4, -0.2) is 180 Å². The van der Waals surface area contributed by atoms with Crippen LogP contribution < -0.4 is 21.3 Å². The third-order valence-electron chi connectivity index (χ3n) is 31.4. The number of fused-ring (bicyclic) bond motifs is 8. The first-order valence-electron chi connectivity index (χ1n) is 45.9. The van der Waals surface area contributed by atoms with Gasteiger partial charge in [0.05, 0.1) is 44.2 Å². The highest BCUT2D eigenvalue weighted by molar-refractivity contribution is 6.05. The molecule has 0 aromatic heterocycles. The van der Waals surface area contributed by atoms with Crippen molar-refractivity contribution in [2.45, 2.75) is 390 Å². The molecule has 4 spiro atoms. The minimum atomic E-state index is -1.31. The topological polar surface area (TPSA) is 403 Å². The normalized spacial score (nSPS) is 44.4. The van der Waals surface area contributed by atoms with Gasteiger partial charge in [-0.25, -0.2) is 39.1 Å². The predicted octanol–water partition coefficient (Wildman–Crippen LogP) is 9.94. The minimum Gasteiger partial charge on any atom is -0.436 e. The molecule has 682 valence electrons. The molecule has 20 rings (SSSR count). The lowest BCUT2D eigenvalue weighted by Crippen LogP contribution is -2.70. The number of Topliss-reactive ketones (excluding diaryl/α,β-unsaturated/α-hetero) is 2. The second kappa shape index (κ2) is 35.8. The highest BCUT2D eigenvalue weighted by atomic mass is 17.3. The number of ether oxygens (including phenoxy) is 12. The summed E-state index contributed by atoms with van der Waals surface area (Å²) < 4.78 is 75.2. The molecule has 33 atom stereocenters. The molecule has 16 saturated heterocycles. The molecule has 34 heteroatoms. The van der Waals surface area contributed by atoms with Crippen molar-refractivity contribution in [2.75, 3.05) is 13.1 Å². The fraction of sp³-hybridized carbons (Fsp3) is 0.886. The lowest BCUT2D eigenvalue weighted by molar-refractivity contribution is -0.576. The summed E-state index contributed by atoms with van der Waals surface area (Å²) in [6.07, 6.45) is 3.07. The zero-order chi connectivity index (χ0) is 86.2. The van der Waals surface area contributed by atoms with E-state index >= 15 is 0 Å². The third-order valence-corrected chi connectivity index (χ3v) is 31.4. The number of unbranched alkanes of at least 4 members (excludes halogenated alkanes) is 2. The first-order chi connectivity index (χ1) is 58.2. The van der Waals surface area contributed by atoms with Gasteiger partial charge in [-0.3, -0.25) is 47.9 Å². The molecular formula is C88H130N4O30. The molecule has 4 saturated carbocycles. The predicted molar refractivity (Wildman–Crippen MR) is 416 cm³/mol. The number of hydrogen-bond acceptors (Lipinski definition) is 30. The van der Waals surface area contributed by atoms with Crippen LogP contribution >= 0.6 is 0 Å². The van der Waals surface area contributed by atoms with Crippen LogP contribution in [0.15, 0.2) is 0 Å². The highest BCUT2D eigenvalue weighted by Crippen LogP contribution is 2.66. The van der Waals surface area contributed by atoms with Crippen molar-refractivity contribution in [2.24, 2.45) is 88.8 Å². The fourth-order valence-electron chi connectivity index (χ4n) is 24.5. The number of amides is 4. The van der Waals surface area contributed by atoms with Crippen LogP contribution in [-0.2, 0) is 144 Å². The number of esters is 4. The Labute approximate surface area is 712 Å². The zero-order valence-electron chi connectivity index (χ0n) is 72.7. The van der Waals surface area contributed by atoms with E-state index in [1.165, 1.54) is 0 Å². The molecule has 122 heavy (non-hydrogen) atoms. The average Bonchev–Trinajstić information content (AvgIpc) is 1.46. The molecule has 20 aliphatic rings. The van der Waals surface area contributed by atoms with Crippen LogP contribution in [0, 0.1) is 88.8 Å². The molecule has 20 fully saturated rings. The Morgan fingerprint density at radius 3 is 1.01 bits per heavy atom. The number of carbonyl (C=O) groups excluding carboxylic acids is 10. The molecule has 34 nitrogen and oxygen atoms in total. The lowest BCUT2D eigenvalue weighted by Gasteiger charge is -2.59. The third kappa shape index (κ3) is 17.5. The number of ketones is 2. The Bertz CT molecular complexity index is 3890. The summed E-state index contributed by atoms with van der Waals surface area (Å²) in [7, 11) is 0. The zero-order valence-corrected chi connectivity index (χ0v) is 72.7. The van der Waals surface area contributed by atoms with Crippen LogP contribution in [0.2, 0.25) is 0 Å². The van der Waals surface area contributed by atoms with Crippen LogP contribution in [0.4, 0.5) is 0 Å². The highest BCUT2D eigenvalue weighted by Gasteiger charge is 2.75. The quantitative estimate of drug-likeness (QED) is 0.0160. The summed E-state index contributed by atoms with van der Waals surface area (Å²) in [5.74, 6) is -10.3. The van der Waals surface area contributed by atoms with Crippen molar-refractivity contribution in [3.8, 4) is 0 Å². The fourth-order valence-corrected chi connectivity index (χ4v) is 24.5. The molecule has 16 heterocycles. The average molecular weight is 1720 g/mol. The van der Waals surface area contributed by atoms with Gasteiger partial charge in [0.25, 0.3) is 0 Å². The summed E-state index contributed by atoms with van der Waals surface area (Å²) in [6.45, 7) is 22.1. The van der Waals surface area contributed by atoms with Gasteiger partial charge >= 0.3 is 23.9 Å². The Hall–Kier alpha value is -5.54. The summed E-state index contributed by atoms with van der Waals surface area (Å²) in [5.41, 5.74) is -3.50. The van der Waals surface area contributed by atoms with Crippen molar-refractivity contribution < 1.29 is 144 Å². The molecule has 4 amide bonds. The molecule has 16 aliphatic heterocycles. The van der Waals surface area contributed by atoms with E-state index in [0.29, 0.717) is 55.8 Å². The lowest BCUT2D eigenvalue weighted by atomic mass is 9.58. The molecule has 4 N–H and O–H groups in total. The first kappa shape index (κ1) is 89.8. The molecule has 0 aromatic rings. The van der Waals surface area contributed by atoms with E-state index in [1.54, 1.807) is 13.8 Å². The maximum Gasteiger partial charge on any atom is 0.308 e. The van der Waals surface area contributed by atoms with Crippen molar-refractivity contribution in [3.63, 3.8) is 0 Å². The summed E-state index contributed by atoms with van der Waals surface area (Å²) in [6, 6.07) is -2.62. The Balaban J connectivity index is 0.543. The number of rotatable bonds is 32. The Morgan fingerprint density at radius 1 is 0.336 bits per heavy atom. The molecular weight excluding hydrogens is 1590 g/mol. The summed E-state index contributed by atoms with van der Waals surface area (Å²) in [5, 5.41) is 11.2. The maximum atomic E-state index is 14.8. The van der Waals surface area contributed by atoms with Gasteiger partial charge in [0.15, 0.2) is 59.1 Å². The van der Waals surface area contributed by atoms with Gasteiger partial charge in [-0.15, -0.1) is 0 Å². The van der Waals surface area contributed by atoms with Crippen LogP contribution in [0.25, 0.3) is 0 Å². The van der Waals surface area contributed by atoms with Gasteiger partial charge in [-0.2, -0.15) is 0 Å². The van der Waals surface area contributed by atoms with Gasteiger partial charge in [0, 0.05) is 112 Å². The van der Waals surface area contributed by atoms with Crippen LogP contribution in [0.1, 0.15) is 282 Å². The molecule has 8 bridgehead atoms. The number of hydrogen-bond donors (Lipinski definition) is 4. The molecule has 0 aromatic carbocycles.